The van der Waals surface area contributed by atoms with Crippen molar-refractivity contribution in [1.82, 2.24) is 20.9 Å². The molecule has 3 unspecified atom stereocenters. The van der Waals surface area contributed by atoms with Gasteiger partial charge in [0.1, 0.15) is 12.6 Å². The molecule has 4 amide bonds. The number of nitrogens with one attached hydrogen (secondary N) is 3. The maximum atomic E-state index is 14.2. The highest BCUT2D eigenvalue weighted by Gasteiger charge is 2.63. The van der Waals surface area contributed by atoms with Crippen LogP contribution in [0.2, 0.25) is 0 Å². The van der Waals surface area contributed by atoms with E-state index < -0.39 is 34.2 Å². The Morgan fingerprint density at radius 1 is 1.05 bits per heavy atom. The number of hydrogen-bond acceptors (Lipinski definition) is 6. The number of ether oxygens (including phenoxy) is 1. The second-order valence-corrected chi connectivity index (χ2v) is 12.9. The molecule has 4 atom stereocenters. The van der Waals surface area contributed by atoms with E-state index in [0.717, 1.165) is 16.7 Å². The third kappa shape index (κ3) is 6.69. The van der Waals surface area contributed by atoms with Crippen molar-refractivity contribution in [3.8, 4) is 0 Å². The van der Waals surface area contributed by atoms with E-state index in [1.165, 1.54) is 0 Å². The fourth-order valence-corrected chi connectivity index (χ4v) is 6.83. The predicted molar refractivity (Wildman–Crippen MR) is 159 cm³/mol. The van der Waals surface area contributed by atoms with E-state index in [2.05, 4.69) is 16.0 Å². The zero-order valence-corrected chi connectivity index (χ0v) is 25.2. The smallest absolute Gasteiger partial charge is 0.325 e. The number of carbonyl (C=O) groups excluding carboxylic acids is 4. The zero-order chi connectivity index (χ0) is 29.8. The number of amides is 4. The van der Waals surface area contributed by atoms with Gasteiger partial charge >= 0.3 is 12.0 Å². The van der Waals surface area contributed by atoms with Crippen LogP contribution in [0, 0.1) is 12.8 Å². The third-order valence-electron chi connectivity index (χ3n) is 8.19. The minimum atomic E-state index is -0.864. The summed E-state index contributed by atoms with van der Waals surface area (Å²) in [6.07, 6.45) is 0.561. The summed E-state index contributed by atoms with van der Waals surface area (Å²) in [5.74, 6) is -1.27. The number of esters is 1. The van der Waals surface area contributed by atoms with Gasteiger partial charge < -0.3 is 25.6 Å². The first kappa shape index (κ1) is 30.4. The van der Waals surface area contributed by atoms with Gasteiger partial charge in [0.15, 0.2) is 0 Å². The van der Waals surface area contributed by atoms with E-state index in [1.807, 2.05) is 82.3 Å². The van der Waals surface area contributed by atoms with Gasteiger partial charge in [-0.3, -0.25) is 14.4 Å². The molecule has 2 aromatic rings. The van der Waals surface area contributed by atoms with Crippen molar-refractivity contribution in [3.05, 3.63) is 71.3 Å². The molecule has 9 nitrogen and oxygen atoms in total. The number of thioether (sulfide) groups is 1. The van der Waals surface area contributed by atoms with Gasteiger partial charge in [-0.2, -0.15) is 0 Å². The largest absolute Gasteiger partial charge is 0.465 e. The topological polar surface area (TPSA) is 117 Å². The SMILES string of the molecule is CCOC(=O)CNC(=O)NC1(C(C)C(=O)N2CSC(C)(C)[C@H]2C(=O)NCc2ccccc2C)CC1c1ccccc1. The minimum Gasteiger partial charge on any atom is -0.465 e. The average Bonchev–Trinajstić information content (AvgIpc) is 3.58. The van der Waals surface area contributed by atoms with Crippen LogP contribution in [0.5, 0.6) is 0 Å². The summed E-state index contributed by atoms with van der Waals surface area (Å²) in [6.45, 7) is 9.80. The Morgan fingerprint density at radius 2 is 1.73 bits per heavy atom. The first-order valence-electron chi connectivity index (χ1n) is 14.0. The van der Waals surface area contributed by atoms with Crippen molar-refractivity contribution in [3.63, 3.8) is 0 Å². The summed E-state index contributed by atoms with van der Waals surface area (Å²) in [7, 11) is 0. The molecule has 4 rings (SSSR count). The lowest BCUT2D eigenvalue weighted by Crippen LogP contribution is -2.57. The molecular weight excluding hydrogens is 540 g/mol. The van der Waals surface area contributed by atoms with Crippen LogP contribution in [0.4, 0.5) is 4.79 Å². The van der Waals surface area contributed by atoms with Crippen LogP contribution in [-0.2, 0) is 25.7 Å². The molecule has 3 N–H and O–H groups in total. The quantitative estimate of drug-likeness (QED) is 0.369. The molecule has 1 heterocycles. The van der Waals surface area contributed by atoms with Crippen molar-refractivity contribution in [1.29, 1.82) is 0 Å². The van der Waals surface area contributed by atoms with E-state index >= 15 is 0 Å². The fraction of sp³-hybridized carbons (Fsp3) is 0.484. The zero-order valence-electron chi connectivity index (χ0n) is 24.4. The van der Waals surface area contributed by atoms with Crippen LogP contribution in [0.3, 0.4) is 0 Å². The maximum absolute atomic E-state index is 14.2. The number of urea groups is 1. The average molecular weight is 581 g/mol. The van der Waals surface area contributed by atoms with Gasteiger partial charge in [0.25, 0.3) is 0 Å². The number of hydrogen-bond donors (Lipinski definition) is 3. The summed E-state index contributed by atoms with van der Waals surface area (Å²) in [5.41, 5.74) is 2.26. The monoisotopic (exact) mass is 580 g/mol. The van der Waals surface area contributed by atoms with Crippen molar-refractivity contribution < 1.29 is 23.9 Å². The number of nitrogens with zero attached hydrogens (tertiary/aromatic N) is 1. The van der Waals surface area contributed by atoms with E-state index in [-0.39, 0.29) is 30.9 Å². The third-order valence-corrected chi connectivity index (χ3v) is 9.56. The van der Waals surface area contributed by atoms with Crippen molar-refractivity contribution in [2.75, 3.05) is 19.0 Å². The highest BCUT2D eigenvalue weighted by Crippen LogP contribution is 2.56. The molecule has 41 heavy (non-hydrogen) atoms. The van der Waals surface area contributed by atoms with Gasteiger partial charge in [-0.05, 0) is 50.8 Å². The molecule has 2 aliphatic rings. The lowest BCUT2D eigenvalue weighted by Gasteiger charge is -2.34. The van der Waals surface area contributed by atoms with Crippen molar-refractivity contribution in [2.24, 2.45) is 5.92 Å². The number of rotatable bonds is 10. The number of carbonyl (C=O) groups is 4. The fourth-order valence-electron chi connectivity index (χ4n) is 5.69. The Morgan fingerprint density at radius 3 is 2.41 bits per heavy atom. The highest BCUT2D eigenvalue weighted by atomic mass is 32.2. The Labute approximate surface area is 246 Å². The van der Waals surface area contributed by atoms with Crippen LogP contribution in [0.1, 0.15) is 56.7 Å². The molecule has 0 aromatic heterocycles. The normalized spacial score (nSPS) is 23.3. The second kappa shape index (κ2) is 12.5. The Hall–Kier alpha value is -3.53. The van der Waals surface area contributed by atoms with Crippen molar-refractivity contribution >= 4 is 35.6 Å². The summed E-state index contributed by atoms with van der Waals surface area (Å²) in [6, 6.07) is 16.4. The van der Waals surface area contributed by atoms with Crippen molar-refractivity contribution in [2.45, 2.75) is 69.8 Å². The lowest BCUT2D eigenvalue weighted by molar-refractivity contribution is -0.143. The van der Waals surface area contributed by atoms with Gasteiger partial charge in [-0.1, -0.05) is 61.5 Å². The number of aryl methyl sites for hydroxylation is 1. The second-order valence-electron chi connectivity index (χ2n) is 11.3. The predicted octanol–water partition coefficient (Wildman–Crippen LogP) is 3.72. The molecule has 0 bridgehead atoms. The molecule has 10 heteroatoms. The summed E-state index contributed by atoms with van der Waals surface area (Å²) in [4.78, 5) is 54.1. The Balaban J connectivity index is 1.52. The van der Waals surface area contributed by atoms with Gasteiger partial charge in [0.05, 0.1) is 23.9 Å². The van der Waals surface area contributed by atoms with Crippen LogP contribution < -0.4 is 16.0 Å². The van der Waals surface area contributed by atoms with Gasteiger partial charge in [-0.15, -0.1) is 11.8 Å². The Bertz CT molecular complexity index is 1290. The molecule has 1 aliphatic heterocycles. The van der Waals surface area contributed by atoms with Gasteiger partial charge in [0, 0.05) is 17.2 Å². The molecule has 0 radical (unpaired) electrons. The van der Waals surface area contributed by atoms with Gasteiger partial charge in [-0.25, -0.2) is 4.79 Å². The molecular formula is C31H40N4O5S. The summed E-state index contributed by atoms with van der Waals surface area (Å²) >= 11 is 1.57. The molecule has 2 aromatic carbocycles. The van der Waals surface area contributed by atoms with Crippen LogP contribution in [0.15, 0.2) is 54.6 Å². The molecule has 1 aliphatic carbocycles. The molecule has 1 saturated carbocycles. The van der Waals surface area contributed by atoms with E-state index in [1.54, 1.807) is 23.6 Å². The summed E-state index contributed by atoms with van der Waals surface area (Å²) < 4.78 is 4.41. The molecule has 0 spiro atoms. The standard InChI is InChI=1S/C31H40N4O5S/c1-6-40-25(36)18-33-29(39)34-31(16-24(31)22-13-8-7-9-14-22)21(3)28(38)35-19-41-30(4,5)26(35)27(37)32-17-23-15-11-10-12-20(23)2/h7-15,21,24,26H,6,16-19H2,1-5H3,(H,32,37)(H2,33,34,39)/t21?,24?,26-,31?/m1/s1. The van der Waals surface area contributed by atoms with Crippen LogP contribution in [-0.4, -0.2) is 64.1 Å². The first-order chi connectivity index (χ1) is 19.5. The molecule has 2 fully saturated rings. The molecule has 1 saturated heterocycles. The molecule has 220 valence electrons. The number of benzene rings is 2. The Kier molecular flexibility index (Phi) is 9.31. The van der Waals surface area contributed by atoms with Crippen LogP contribution >= 0.6 is 11.8 Å². The minimum absolute atomic E-state index is 0.0902. The highest BCUT2D eigenvalue weighted by molar-refractivity contribution is 8.00. The van der Waals surface area contributed by atoms with Crippen LogP contribution in [0.25, 0.3) is 0 Å². The van der Waals surface area contributed by atoms with E-state index in [0.29, 0.717) is 18.8 Å². The van der Waals surface area contributed by atoms with E-state index in [9.17, 15) is 19.2 Å². The maximum Gasteiger partial charge on any atom is 0.325 e. The van der Waals surface area contributed by atoms with E-state index in [4.69, 9.17) is 4.74 Å². The first-order valence-corrected chi connectivity index (χ1v) is 15.0. The lowest BCUT2D eigenvalue weighted by atomic mass is 9.91. The van der Waals surface area contributed by atoms with Gasteiger partial charge in [0.2, 0.25) is 11.8 Å². The summed E-state index contributed by atoms with van der Waals surface area (Å²) in [5, 5.41) is 8.63.